The molecule has 0 spiro atoms. The molecule has 1 aliphatic rings. The fraction of sp³-hybridized carbons (Fsp3) is 0.294. The monoisotopic (exact) mass is 334 g/mol. The molecule has 0 aliphatic carbocycles. The van der Waals surface area contributed by atoms with Crippen LogP contribution in [0.2, 0.25) is 0 Å². The third-order valence-electron chi connectivity index (χ3n) is 4.17. The first-order chi connectivity index (χ1) is 12.4. The van der Waals surface area contributed by atoms with Gasteiger partial charge in [-0.2, -0.15) is 0 Å². The van der Waals surface area contributed by atoms with Gasteiger partial charge in [0.15, 0.2) is 0 Å². The van der Waals surface area contributed by atoms with E-state index in [1.54, 1.807) is 31.0 Å². The van der Waals surface area contributed by atoms with Crippen molar-refractivity contribution in [1.82, 2.24) is 29.9 Å². The molecule has 1 saturated heterocycles. The van der Waals surface area contributed by atoms with Crippen molar-refractivity contribution >= 4 is 17.6 Å². The fourth-order valence-corrected chi connectivity index (χ4v) is 3.01. The molecular weight excluding hydrogens is 316 g/mol. The Kier molecular flexibility index (Phi) is 4.40. The number of anilines is 3. The molecule has 0 aromatic carbocycles. The normalized spacial score (nSPS) is 17.3. The van der Waals surface area contributed by atoms with Crippen LogP contribution in [0.3, 0.4) is 0 Å². The summed E-state index contributed by atoms with van der Waals surface area (Å²) < 4.78 is 0. The van der Waals surface area contributed by atoms with Crippen LogP contribution in [0.5, 0.6) is 0 Å². The summed E-state index contributed by atoms with van der Waals surface area (Å²) in [4.78, 5) is 27.9. The van der Waals surface area contributed by atoms with Crippen LogP contribution in [0.25, 0.3) is 0 Å². The molecule has 25 heavy (non-hydrogen) atoms. The predicted molar refractivity (Wildman–Crippen MR) is 93.6 cm³/mol. The van der Waals surface area contributed by atoms with E-state index in [0.717, 1.165) is 43.3 Å². The average Bonchev–Trinajstić information content (AvgIpc) is 2.70. The number of aromatic nitrogens is 6. The summed E-state index contributed by atoms with van der Waals surface area (Å²) >= 11 is 0. The van der Waals surface area contributed by atoms with Gasteiger partial charge in [-0.05, 0) is 25.0 Å². The van der Waals surface area contributed by atoms with Crippen LogP contribution in [0.1, 0.15) is 24.5 Å². The van der Waals surface area contributed by atoms with E-state index in [9.17, 15) is 0 Å². The average molecular weight is 334 g/mol. The van der Waals surface area contributed by atoms with Crippen LogP contribution in [-0.2, 0) is 0 Å². The van der Waals surface area contributed by atoms with Crippen molar-refractivity contribution in [2.24, 2.45) is 0 Å². The van der Waals surface area contributed by atoms with Crippen LogP contribution in [-0.4, -0.2) is 43.0 Å². The molecule has 126 valence electrons. The molecule has 1 atom stereocenters. The van der Waals surface area contributed by atoms with Crippen molar-refractivity contribution in [3.8, 4) is 0 Å². The summed E-state index contributed by atoms with van der Waals surface area (Å²) in [5, 5.41) is 3.14. The third-order valence-corrected chi connectivity index (χ3v) is 4.17. The minimum absolute atomic E-state index is 0.327. The largest absolute Gasteiger partial charge is 0.340 e. The second-order valence-electron chi connectivity index (χ2n) is 5.89. The third kappa shape index (κ3) is 3.68. The van der Waals surface area contributed by atoms with E-state index < -0.39 is 0 Å². The van der Waals surface area contributed by atoms with E-state index in [4.69, 9.17) is 0 Å². The number of rotatable bonds is 4. The van der Waals surface area contributed by atoms with E-state index in [2.05, 4.69) is 40.1 Å². The van der Waals surface area contributed by atoms with Crippen LogP contribution >= 0.6 is 0 Å². The minimum atomic E-state index is 0.327. The van der Waals surface area contributed by atoms with Gasteiger partial charge in [-0.25, -0.2) is 29.9 Å². The molecule has 3 aromatic rings. The first-order valence-corrected chi connectivity index (χ1v) is 8.25. The molecule has 1 fully saturated rings. The second kappa shape index (κ2) is 7.16. The van der Waals surface area contributed by atoms with Crippen LogP contribution < -0.4 is 10.2 Å². The maximum Gasteiger partial charge on any atom is 0.227 e. The van der Waals surface area contributed by atoms with Gasteiger partial charge < -0.3 is 10.2 Å². The Bertz CT molecular complexity index is 811. The highest BCUT2D eigenvalue weighted by Crippen LogP contribution is 2.27. The lowest BCUT2D eigenvalue weighted by Crippen LogP contribution is -2.35. The maximum absolute atomic E-state index is 4.67. The number of piperidine rings is 1. The van der Waals surface area contributed by atoms with Gasteiger partial charge in [0.2, 0.25) is 11.9 Å². The quantitative estimate of drug-likeness (QED) is 0.776. The zero-order chi connectivity index (χ0) is 16.9. The van der Waals surface area contributed by atoms with Gasteiger partial charge in [-0.3, -0.25) is 0 Å². The van der Waals surface area contributed by atoms with Crippen molar-refractivity contribution in [1.29, 1.82) is 0 Å². The van der Waals surface area contributed by atoms with Crippen LogP contribution in [0, 0.1) is 0 Å². The molecule has 0 saturated carbocycles. The van der Waals surface area contributed by atoms with Crippen LogP contribution in [0.15, 0.2) is 49.4 Å². The molecule has 1 N–H and O–H groups in total. The van der Waals surface area contributed by atoms with E-state index in [0.29, 0.717) is 11.9 Å². The Hall–Kier alpha value is -3.16. The lowest BCUT2D eigenvalue weighted by Gasteiger charge is -2.32. The van der Waals surface area contributed by atoms with E-state index in [1.165, 1.54) is 6.33 Å². The van der Waals surface area contributed by atoms with E-state index in [-0.39, 0.29) is 0 Å². The van der Waals surface area contributed by atoms with Gasteiger partial charge in [-0.15, -0.1) is 0 Å². The molecule has 0 unspecified atom stereocenters. The van der Waals surface area contributed by atoms with Gasteiger partial charge in [0.05, 0.1) is 23.8 Å². The minimum Gasteiger partial charge on any atom is -0.340 e. The molecule has 0 amide bonds. The van der Waals surface area contributed by atoms with Crippen molar-refractivity contribution in [2.75, 3.05) is 23.3 Å². The van der Waals surface area contributed by atoms with Gasteiger partial charge in [0.25, 0.3) is 0 Å². The van der Waals surface area contributed by atoms with Crippen molar-refractivity contribution in [2.45, 2.75) is 18.8 Å². The molecule has 8 heteroatoms. The standard InChI is InChI=1S/C17H18N8/c1-3-13(11-25(8-1)17-21-5-2-6-22-17)15-4-7-20-16(24-15)23-14-9-18-12-19-10-14/h2,4-7,9-10,12-13H,1,3,8,11H2,(H,20,23,24)/t13-/m0/s1. The van der Waals surface area contributed by atoms with Crippen LogP contribution in [0.4, 0.5) is 17.6 Å². The topological polar surface area (TPSA) is 92.6 Å². The number of nitrogens with zero attached hydrogens (tertiary/aromatic N) is 7. The molecule has 4 rings (SSSR count). The molecule has 0 bridgehead atoms. The lowest BCUT2D eigenvalue weighted by atomic mass is 9.95. The molecule has 0 radical (unpaired) electrons. The van der Waals surface area contributed by atoms with Crippen molar-refractivity contribution in [3.05, 3.63) is 55.1 Å². The SMILES string of the molecule is c1cnc(N2CCC[C@H](c3ccnc(Nc4cncnc4)n3)C2)nc1. The summed E-state index contributed by atoms with van der Waals surface area (Å²) in [6.07, 6.45) is 12.4. The highest BCUT2D eigenvalue weighted by molar-refractivity contribution is 5.49. The Balaban J connectivity index is 1.50. The fourth-order valence-electron chi connectivity index (χ4n) is 3.01. The Labute approximate surface area is 145 Å². The number of hydrogen-bond acceptors (Lipinski definition) is 8. The van der Waals surface area contributed by atoms with Gasteiger partial charge in [0.1, 0.15) is 6.33 Å². The summed E-state index contributed by atoms with van der Waals surface area (Å²) in [6, 6.07) is 3.81. The smallest absolute Gasteiger partial charge is 0.227 e. The lowest BCUT2D eigenvalue weighted by molar-refractivity contribution is 0.495. The van der Waals surface area contributed by atoms with Crippen molar-refractivity contribution in [3.63, 3.8) is 0 Å². The number of hydrogen-bond donors (Lipinski definition) is 1. The Morgan fingerprint density at radius 3 is 2.72 bits per heavy atom. The molecule has 3 aromatic heterocycles. The predicted octanol–water partition coefficient (Wildman–Crippen LogP) is 2.18. The summed E-state index contributed by atoms with van der Waals surface area (Å²) in [5.41, 5.74) is 1.79. The van der Waals surface area contributed by atoms with E-state index in [1.807, 2.05) is 12.1 Å². The highest BCUT2D eigenvalue weighted by Gasteiger charge is 2.24. The van der Waals surface area contributed by atoms with E-state index >= 15 is 0 Å². The molecule has 4 heterocycles. The first kappa shape index (κ1) is 15.4. The van der Waals surface area contributed by atoms with Gasteiger partial charge in [-0.1, -0.05) is 0 Å². The first-order valence-electron chi connectivity index (χ1n) is 8.25. The Morgan fingerprint density at radius 1 is 1.04 bits per heavy atom. The maximum atomic E-state index is 4.67. The Morgan fingerprint density at radius 2 is 1.88 bits per heavy atom. The summed E-state index contributed by atoms with van der Waals surface area (Å²) in [6.45, 7) is 1.83. The van der Waals surface area contributed by atoms with Gasteiger partial charge in [0, 0.05) is 37.6 Å². The highest BCUT2D eigenvalue weighted by atomic mass is 15.3. The molecule has 1 aliphatic heterocycles. The van der Waals surface area contributed by atoms with Gasteiger partial charge >= 0.3 is 0 Å². The number of nitrogens with one attached hydrogen (secondary N) is 1. The molecular formula is C17H18N8. The zero-order valence-electron chi connectivity index (χ0n) is 13.7. The summed E-state index contributed by atoms with van der Waals surface area (Å²) in [7, 11) is 0. The molecule has 8 nitrogen and oxygen atoms in total. The summed E-state index contributed by atoms with van der Waals surface area (Å²) in [5.74, 6) is 1.66. The zero-order valence-corrected chi connectivity index (χ0v) is 13.7. The van der Waals surface area contributed by atoms with Crippen molar-refractivity contribution < 1.29 is 0 Å². The second-order valence-corrected chi connectivity index (χ2v) is 5.89.